The maximum Gasteiger partial charge on any atom is 0.251 e. The summed E-state index contributed by atoms with van der Waals surface area (Å²) in [4.78, 5) is 14.6. The summed E-state index contributed by atoms with van der Waals surface area (Å²) in [5.74, 6) is -0.000321. The Labute approximate surface area is 143 Å². The summed E-state index contributed by atoms with van der Waals surface area (Å²) < 4.78 is 0. The van der Waals surface area contributed by atoms with E-state index in [0.717, 1.165) is 44.7 Å². The van der Waals surface area contributed by atoms with E-state index in [2.05, 4.69) is 39.8 Å². The van der Waals surface area contributed by atoms with Crippen LogP contribution in [0.2, 0.25) is 0 Å². The molecule has 0 bridgehead atoms. The average Bonchev–Trinajstić information content (AvgIpc) is 2.64. The topological polar surface area (TPSA) is 44.4 Å². The van der Waals surface area contributed by atoms with Crippen LogP contribution in [0.3, 0.4) is 0 Å². The predicted molar refractivity (Wildman–Crippen MR) is 97.1 cm³/mol. The summed E-state index contributed by atoms with van der Waals surface area (Å²) in [6.45, 7) is 5.90. The lowest BCUT2D eigenvalue weighted by Crippen LogP contribution is -2.42. The van der Waals surface area contributed by atoms with Gasteiger partial charge in [-0.1, -0.05) is 42.5 Å². The molecule has 4 heteroatoms. The lowest BCUT2D eigenvalue weighted by molar-refractivity contribution is 0.0954. The van der Waals surface area contributed by atoms with Gasteiger partial charge in [0.1, 0.15) is 0 Å². The summed E-state index contributed by atoms with van der Waals surface area (Å²) in [7, 11) is 0. The van der Waals surface area contributed by atoms with E-state index in [0.29, 0.717) is 6.54 Å². The average molecular weight is 323 g/mol. The van der Waals surface area contributed by atoms with E-state index in [1.807, 2.05) is 30.3 Å². The number of benzene rings is 2. The van der Waals surface area contributed by atoms with Crippen molar-refractivity contribution in [2.24, 2.45) is 0 Å². The van der Waals surface area contributed by atoms with Crippen molar-refractivity contribution in [3.05, 3.63) is 71.3 Å². The molecule has 2 N–H and O–H groups in total. The van der Waals surface area contributed by atoms with Gasteiger partial charge >= 0.3 is 0 Å². The number of nitrogens with zero attached hydrogens (tertiary/aromatic N) is 1. The predicted octanol–water partition coefficient (Wildman–Crippen LogP) is 2.06. The first kappa shape index (κ1) is 16.7. The van der Waals surface area contributed by atoms with Crippen LogP contribution in [0.25, 0.3) is 0 Å². The van der Waals surface area contributed by atoms with Crippen molar-refractivity contribution in [3.63, 3.8) is 0 Å². The Morgan fingerprint density at radius 1 is 0.958 bits per heavy atom. The lowest BCUT2D eigenvalue weighted by Gasteiger charge is -2.27. The van der Waals surface area contributed by atoms with Crippen LogP contribution in [0.5, 0.6) is 0 Å². The van der Waals surface area contributed by atoms with Gasteiger partial charge in [-0.05, 0) is 29.7 Å². The summed E-state index contributed by atoms with van der Waals surface area (Å²) in [6.07, 6.45) is 0.855. The number of rotatable bonds is 6. The van der Waals surface area contributed by atoms with Gasteiger partial charge in [0.25, 0.3) is 5.91 Å². The van der Waals surface area contributed by atoms with Crippen LogP contribution in [0.4, 0.5) is 0 Å². The highest BCUT2D eigenvalue weighted by molar-refractivity contribution is 5.94. The van der Waals surface area contributed by atoms with E-state index in [-0.39, 0.29) is 5.91 Å². The molecule has 0 aliphatic carbocycles. The molecular formula is C20H25N3O. The largest absolute Gasteiger partial charge is 0.352 e. The van der Waals surface area contributed by atoms with Gasteiger partial charge in [-0.25, -0.2) is 0 Å². The Morgan fingerprint density at radius 2 is 1.67 bits per heavy atom. The number of hydrogen-bond donors (Lipinski definition) is 2. The van der Waals surface area contributed by atoms with E-state index in [9.17, 15) is 4.79 Å². The Morgan fingerprint density at radius 3 is 2.38 bits per heavy atom. The molecule has 126 valence electrons. The minimum Gasteiger partial charge on any atom is -0.352 e. The molecule has 1 amide bonds. The molecule has 1 aliphatic heterocycles. The molecule has 4 nitrogen and oxygen atoms in total. The van der Waals surface area contributed by atoms with Crippen LogP contribution in [-0.4, -0.2) is 43.5 Å². The van der Waals surface area contributed by atoms with Crippen LogP contribution in [0.15, 0.2) is 54.6 Å². The van der Waals surface area contributed by atoms with E-state index in [4.69, 9.17) is 0 Å². The molecule has 0 aromatic heterocycles. The number of nitrogens with one attached hydrogen (secondary N) is 2. The van der Waals surface area contributed by atoms with Gasteiger partial charge in [0.2, 0.25) is 0 Å². The quantitative estimate of drug-likeness (QED) is 0.855. The number of hydrogen-bond acceptors (Lipinski definition) is 3. The van der Waals surface area contributed by atoms with Gasteiger partial charge in [-0.2, -0.15) is 0 Å². The highest BCUT2D eigenvalue weighted by atomic mass is 16.1. The zero-order valence-electron chi connectivity index (χ0n) is 14.0. The fraction of sp³-hybridized carbons (Fsp3) is 0.350. The molecule has 3 rings (SSSR count). The maximum absolute atomic E-state index is 12.2. The van der Waals surface area contributed by atoms with Gasteiger partial charge in [0.15, 0.2) is 0 Å². The first-order valence-electron chi connectivity index (χ1n) is 8.65. The third kappa shape index (κ3) is 4.91. The Balaban J connectivity index is 1.46. The second-order valence-corrected chi connectivity index (χ2v) is 6.21. The zero-order valence-corrected chi connectivity index (χ0v) is 14.0. The SMILES string of the molecule is O=C(NCCc1ccccc1)c1ccc(CN2CCNCC2)cc1. The fourth-order valence-electron chi connectivity index (χ4n) is 2.96. The molecule has 1 heterocycles. The normalized spacial score (nSPS) is 15.2. The molecular weight excluding hydrogens is 298 g/mol. The van der Waals surface area contributed by atoms with Crippen molar-refractivity contribution >= 4 is 5.91 Å². The molecule has 1 saturated heterocycles. The van der Waals surface area contributed by atoms with Crippen LogP contribution in [-0.2, 0) is 13.0 Å². The molecule has 0 atom stereocenters. The lowest BCUT2D eigenvalue weighted by atomic mass is 10.1. The summed E-state index contributed by atoms with van der Waals surface area (Å²) >= 11 is 0. The van der Waals surface area contributed by atoms with Gasteiger partial charge in [-0.15, -0.1) is 0 Å². The number of carbonyl (C=O) groups excluding carboxylic acids is 1. The van der Waals surface area contributed by atoms with Crippen LogP contribution >= 0.6 is 0 Å². The maximum atomic E-state index is 12.2. The molecule has 24 heavy (non-hydrogen) atoms. The second kappa shape index (κ2) is 8.62. The monoisotopic (exact) mass is 323 g/mol. The van der Waals surface area contributed by atoms with E-state index in [1.54, 1.807) is 0 Å². The Hall–Kier alpha value is -2.17. The standard InChI is InChI=1S/C20H25N3O/c24-20(22-11-10-17-4-2-1-3-5-17)19-8-6-18(7-9-19)16-23-14-12-21-13-15-23/h1-9,21H,10-16H2,(H,22,24). The van der Waals surface area contributed by atoms with Gasteiger partial charge in [0, 0.05) is 44.8 Å². The van der Waals surface area contributed by atoms with Crippen molar-refractivity contribution in [3.8, 4) is 0 Å². The highest BCUT2D eigenvalue weighted by Crippen LogP contribution is 2.08. The van der Waals surface area contributed by atoms with Crippen molar-refractivity contribution in [1.82, 2.24) is 15.5 Å². The zero-order chi connectivity index (χ0) is 16.6. The second-order valence-electron chi connectivity index (χ2n) is 6.21. The molecule has 1 fully saturated rings. The van der Waals surface area contributed by atoms with Gasteiger partial charge in [-0.3, -0.25) is 9.69 Å². The third-order valence-corrected chi connectivity index (χ3v) is 4.37. The molecule has 0 spiro atoms. The first-order valence-corrected chi connectivity index (χ1v) is 8.65. The number of amides is 1. The van der Waals surface area contributed by atoms with E-state index in [1.165, 1.54) is 11.1 Å². The molecule has 0 radical (unpaired) electrons. The van der Waals surface area contributed by atoms with Crippen molar-refractivity contribution in [2.45, 2.75) is 13.0 Å². The van der Waals surface area contributed by atoms with Crippen molar-refractivity contribution < 1.29 is 4.79 Å². The minimum absolute atomic E-state index is 0.000321. The first-order chi connectivity index (χ1) is 11.8. The molecule has 0 saturated carbocycles. The van der Waals surface area contributed by atoms with Crippen molar-refractivity contribution in [2.75, 3.05) is 32.7 Å². The fourth-order valence-corrected chi connectivity index (χ4v) is 2.96. The smallest absolute Gasteiger partial charge is 0.251 e. The summed E-state index contributed by atoms with van der Waals surface area (Å²) in [5, 5.41) is 6.35. The minimum atomic E-state index is -0.000321. The van der Waals surface area contributed by atoms with E-state index >= 15 is 0 Å². The van der Waals surface area contributed by atoms with Gasteiger partial charge < -0.3 is 10.6 Å². The Bertz CT molecular complexity index is 634. The Kier molecular flexibility index (Phi) is 5.99. The molecule has 1 aliphatic rings. The third-order valence-electron chi connectivity index (χ3n) is 4.37. The van der Waals surface area contributed by atoms with E-state index < -0.39 is 0 Å². The van der Waals surface area contributed by atoms with Crippen molar-refractivity contribution in [1.29, 1.82) is 0 Å². The molecule has 0 unspecified atom stereocenters. The molecule has 2 aromatic rings. The van der Waals surface area contributed by atoms with Gasteiger partial charge in [0.05, 0.1) is 0 Å². The van der Waals surface area contributed by atoms with Crippen LogP contribution in [0.1, 0.15) is 21.5 Å². The van der Waals surface area contributed by atoms with Crippen LogP contribution in [0, 0.1) is 0 Å². The highest BCUT2D eigenvalue weighted by Gasteiger charge is 2.10. The summed E-state index contributed by atoms with van der Waals surface area (Å²) in [5.41, 5.74) is 3.23. The van der Waals surface area contributed by atoms with Crippen LogP contribution < -0.4 is 10.6 Å². The summed E-state index contributed by atoms with van der Waals surface area (Å²) in [6, 6.07) is 18.2. The number of piperazine rings is 1. The molecule has 2 aromatic carbocycles. The number of carbonyl (C=O) groups is 1.